The number of hydrogen-bond donors (Lipinski definition) is 2. The number of aliphatic carboxylic acids is 1. The number of rotatable bonds is 9. The molecule has 2 N–H and O–H groups in total. The fourth-order valence-electron chi connectivity index (χ4n) is 3.45. The number of carboxylic acid groups (broad SMARTS) is 1. The summed E-state index contributed by atoms with van der Waals surface area (Å²) >= 11 is 7.74. The van der Waals surface area contributed by atoms with Gasteiger partial charge in [-0.2, -0.15) is 0 Å². The summed E-state index contributed by atoms with van der Waals surface area (Å²) in [4.78, 5) is 23.3. The van der Waals surface area contributed by atoms with Crippen molar-refractivity contribution < 1.29 is 19.2 Å². The summed E-state index contributed by atoms with van der Waals surface area (Å²) in [7, 11) is 0. The number of anilines is 1. The Bertz CT molecular complexity index is 923. The van der Waals surface area contributed by atoms with E-state index in [1.807, 2.05) is 31.2 Å². The Balaban J connectivity index is 1.63. The van der Waals surface area contributed by atoms with Crippen molar-refractivity contribution in [1.29, 1.82) is 0 Å². The number of nitrogens with one attached hydrogen (secondary N) is 1. The lowest BCUT2D eigenvalue weighted by Gasteiger charge is -2.21. The van der Waals surface area contributed by atoms with Gasteiger partial charge < -0.3 is 14.9 Å². The molecule has 0 saturated heterocycles. The number of carbonyl (C=O) groups excluding carboxylic acids is 1. The topological polar surface area (TPSA) is 92.4 Å². The standard InChI is InChI=1S/C22H25ClN2O4S/c1-14(17-4-2-3-5-18(17)23)22(28)24-19-12-29-25-21(19)16-8-6-15(7-9-16)10-11-30-13-20(26)27/h6-9,12,14H,2-5,10-11,13H2,1H3,(H,24,28)(H,26,27). The minimum absolute atomic E-state index is 0.112. The molecule has 0 saturated carbocycles. The van der Waals surface area contributed by atoms with Gasteiger partial charge in [0.25, 0.3) is 0 Å². The molecule has 0 fully saturated rings. The molecular weight excluding hydrogens is 424 g/mol. The van der Waals surface area contributed by atoms with Gasteiger partial charge in [-0.05, 0) is 55.9 Å². The van der Waals surface area contributed by atoms with Crippen LogP contribution in [0.5, 0.6) is 0 Å². The first-order valence-electron chi connectivity index (χ1n) is 9.97. The van der Waals surface area contributed by atoms with Gasteiger partial charge in [0.1, 0.15) is 17.6 Å². The van der Waals surface area contributed by atoms with Crippen LogP contribution in [-0.2, 0) is 16.0 Å². The third-order valence-corrected chi connectivity index (χ3v) is 6.55. The predicted octanol–water partition coefficient (Wildman–Crippen LogP) is 5.34. The molecule has 0 aliphatic heterocycles. The number of carbonyl (C=O) groups is 2. The summed E-state index contributed by atoms with van der Waals surface area (Å²) in [6, 6.07) is 7.81. The summed E-state index contributed by atoms with van der Waals surface area (Å²) in [5, 5.41) is 16.5. The molecule has 2 aromatic rings. The van der Waals surface area contributed by atoms with E-state index in [0.29, 0.717) is 11.4 Å². The Kier molecular flexibility index (Phi) is 7.99. The van der Waals surface area contributed by atoms with Crippen LogP contribution >= 0.6 is 23.4 Å². The van der Waals surface area contributed by atoms with E-state index in [2.05, 4.69) is 10.5 Å². The van der Waals surface area contributed by atoms with Gasteiger partial charge in [-0.3, -0.25) is 9.59 Å². The molecule has 160 valence electrons. The van der Waals surface area contributed by atoms with Gasteiger partial charge in [0.15, 0.2) is 0 Å². The lowest BCUT2D eigenvalue weighted by atomic mass is 9.89. The first-order valence-corrected chi connectivity index (χ1v) is 11.5. The Morgan fingerprint density at radius 2 is 2.00 bits per heavy atom. The average Bonchev–Trinajstić information content (AvgIpc) is 3.19. The molecule has 1 amide bonds. The second-order valence-electron chi connectivity index (χ2n) is 7.32. The van der Waals surface area contributed by atoms with Gasteiger partial charge >= 0.3 is 5.97 Å². The lowest BCUT2D eigenvalue weighted by molar-refractivity contribution is -0.133. The zero-order valence-corrected chi connectivity index (χ0v) is 18.4. The molecule has 1 aliphatic carbocycles. The summed E-state index contributed by atoms with van der Waals surface area (Å²) in [6.07, 6.45) is 6.05. The average molecular weight is 449 g/mol. The smallest absolute Gasteiger partial charge is 0.313 e. The SMILES string of the molecule is CC(C(=O)Nc1conc1-c1ccc(CCSCC(=O)O)cc1)C1=C(Cl)CCCC1. The second-order valence-corrected chi connectivity index (χ2v) is 8.88. The van der Waals surface area contributed by atoms with E-state index >= 15 is 0 Å². The van der Waals surface area contributed by atoms with Crippen molar-refractivity contribution in [3.8, 4) is 11.3 Å². The highest BCUT2D eigenvalue weighted by Crippen LogP contribution is 2.33. The Labute approximate surface area is 185 Å². The van der Waals surface area contributed by atoms with Crippen molar-refractivity contribution in [3.63, 3.8) is 0 Å². The molecule has 1 atom stereocenters. The van der Waals surface area contributed by atoms with E-state index in [0.717, 1.165) is 59.6 Å². The molecule has 1 heterocycles. The molecule has 30 heavy (non-hydrogen) atoms. The fraction of sp³-hybridized carbons (Fsp3) is 0.409. The van der Waals surface area contributed by atoms with Crippen LogP contribution < -0.4 is 5.32 Å². The van der Waals surface area contributed by atoms with Gasteiger partial charge in [-0.25, -0.2) is 0 Å². The van der Waals surface area contributed by atoms with Crippen LogP contribution in [0.15, 0.2) is 45.7 Å². The molecule has 8 heteroatoms. The molecule has 0 radical (unpaired) electrons. The highest BCUT2D eigenvalue weighted by atomic mass is 35.5. The normalized spacial score (nSPS) is 15.1. The number of carboxylic acids is 1. The summed E-state index contributed by atoms with van der Waals surface area (Å²) in [5.74, 6) is -0.367. The number of halogens is 1. The number of thioether (sulfide) groups is 1. The van der Waals surface area contributed by atoms with E-state index in [9.17, 15) is 9.59 Å². The van der Waals surface area contributed by atoms with Gasteiger partial charge in [0, 0.05) is 10.6 Å². The quantitative estimate of drug-likeness (QED) is 0.503. The molecule has 1 unspecified atom stereocenters. The maximum Gasteiger partial charge on any atom is 0.313 e. The predicted molar refractivity (Wildman–Crippen MR) is 120 cm³/mol. The van der Waals surface area contributed by atoms with Crippen molar-refractivity contribution in [2.75, 3.05) is 16.8 Å². The third kappa shape index (κ3) is 5.89. The summed E-state index contributed by atoms with van der Waals surface area (Å²) in [5.41, 5.74) is 4.07. The highest BCUT2D eigenvalue weighted by Gasteiger charge is 2.24. The third-order valence-electron chi connectivity index (χ3n) is 5.17. The first-order chi connectivity index (χ1) is 14.5. The zero-order chi connectivity index (χ0) is 21.5. The first kappa shape index (κ1) is 22.4. The van der Waals surface area contributed by atoms with Crippen LogP contribution in [0, 0.1) is 5.92 Å². The monoisotopic (exact) mass is 448 g/mol. The van der Waals surface area contributed by atoms with E-state index in [-0.39, 0.29) is 17.6 Å². The summed E-state index contributed by atoms with van der Waals surface area (Å²) in [6.45, 7) is 1.88. The molecule has 1 aromatic carbocycles. The van der Waals surface area contributed by atoms with Crippen LogP contribution in [-0.4, -0.2) is 33.6 Å². The maximum atomic E-state index is 12.8. The van der Waals surface area contributed by atoms with E-state index < -0.39 is 5.97 Å². The Hall–Kier alpha value is -2.25. The minimum atomic E-state index is -0.799. The van der Waals surface area contributed by atoms with E-state index in [4.69, 9.17) is 21.2 Å². The molecular formula is C22H25ClN2O4S. The summed E-state index contributed by atoms with van der Waals surface area (Å²) < 4.78 is 5.12. The molecule has 0 bridgehead atoms. The number of amides is 1. The number of allylic oxidation sites excluding steroid dienone is 1. The highest BCUT2D eigenvalue weighted by molar-refractivity contribution is 7.99. The van der Waals surface area contributed by atoms with Crippen molar-refractivity contribution in [3.05, 3.63) is 46.7 Å². The zero-order valence-electron chi connectivity index (χ0n) is 16.8. The molecule has 6 nitrogen and oxygen atoms in total. The minimum Gasteiger partial charge on any atom is -0.481 e. The van der Waals surface area contributed by atoms with E-state index in [1.165, 1.54) is 18.0 Å². The van der Waals surface area contributed by atoms with Crippen molar-refractivity contribution in [1.82, 2.24) is 5.16 Å². The van der Waals surface area contributed by atoms with Gasteiger partial charge in [0.2, 0.25) is 5.91 Å². The number of aromatic nitrogens is 1. The van der Waals surface area contributed by atoms with Gasteiger partial charge in [-0.15, -0.1) is 11.8 Å². The fourth-order valence-corrected chi connectivity index (χ4v) is 4.55. The number of aryl methyl sites for hydroxylation is 1. The molecule has 0 spiro atoms. The molecule has 3 rings (SSSR count). The molecule has 1 aliphatic rings. The Morgan fingerprint density at radius 3 is 2.70 bits per heavy atom. The van der Waals surface area contributed by atoms with Crippen molar-refractivity contribution >= 4 is 40.9 Å². The lowest BCUT2D eigenvalue weighted by Crippen LogP contribution is -2.23. The maximum absolute atomic E-state index is 12.8. The van der Waals surface area contributed by atoms with Crippen LogP contribution in [0.2, 0.25) is 0 Å². The van der Waals surface area contributed by atoms with Crippen LogP contribution in [0.1, 0.15) is 38.2 Å². The second kappa shape index (κ2) is 10.7. The largest absolute Gasteiger partial charge is 0.481 e. The van der Waals surface area contributed by atoms with Crippen LogP contribution in [0.25, 0.3) is 11.3 Å². The van der Waals surface area contributed by atoms with Crippen molar-refractivity contribution in [2.45, 2.75) is 39.0 Å². The number of hydrogen-bond acceptors (Lipinski definition) is 5. The molecule has 1 aromatic heterocycles. The number of benzene rings is 1. The van der Waals surface area contributed by atoms with Gasteiger partial charge in [-0.1, -0.05) is 41.0 Å². The van der Waals surface area contributed by atoms with Crippen molar-refractivity contribution in [2.24, 2.45) is 5.92 Å². The Morgan fingerprint density at radius 1 is 1.27 bits per heavy atom. The van der Waals surface area contributed by atoms with Crippen LogP contribution in [0.3, 0.4) is 0 Å². The van der Waals surface area contributed by atoms with E-state index in [1.54, 1.807) is 0 Å². The van der Waals surface area contributed by atoms with Gasteiger partial charge in [0.05, 0.1) is 11.7 Å². The van der Waals surface area contributed by atoms with Crippen LogP contribution in [0.4, 0.5) is 5.69 Å². The number of nitrogens with zero attached hydrogens (tertiary/aromatic N) is 1.